The fourth-order valence-corrected chi connectivity index (χ4v) is 2.81. The zero-order valence-electron chi connectivity index (χ0n) is 13.8. The van der Waals surface area contributed by atoms with E-state index in [-0.39, 0.29) is 12.3 Å². The number of carboxylic acids is 1. The van der Waals surface area contributed by atoms with E-state index in [1.165, 1.54) is 6.33 Å². The Morgan fingerprint density at radius 2 is 1.88 bits per heavy atom. The summed E-state index contributed by atoms with van der Waals surface area (Å²) >= 11 is 0. The molecule has 6 heteroatoms. The van der Waals surface area contributed by atoms with Crippen LogP contribution in [0, 0.1) is 0 Å². The van der Waals surface area contributed by atoms with Crippen LogP contribution in [0.15, 0.2) is 36.9 Å². The SMILES string of the molecule is Nc1cccc(CCCCCCC(CC(=O)O)c2cncnc2)n1. The van der Waals surface area contributed by atoms with Gasteiger partial charge in [-0.2, -0.15) is 0 Å². The zero-order valence-corrected chi connectivity index (χ0v) is 13.8. The molecule has 6 nitrogen and oxygen atoms in total. The number of carboxylic acid groups (broad SMARTS) is 1. The number of aryl methyl sites for hydroxylation is 1. The minimum absolute atomic E-state index is 0.0145. The number of nitrogen functional groups attached to an aromatic ring is 1. The highest BCUT2D eigenvalue weighted by Crippen LogP contribution is 2.25. The van der Waals surface area contributed by atoms with Crippen molar-refractivity contribution in [1.29, 1.82) is 0 Å². The van der Waals surface area contributed by atoms with E-state index < -0.39 is 5.97 Å². The van der Waals surface area contributed by atoms with Crippen molar-refractivity contribution in [3.05, 3.63) is 48.2 Å². The molecule has 0 bridgehead atoms. The first kappa shape index (κ1) is 17.8. The van der Waals surface area contributed by atoms with Gasteiger partial charge in [0, 0.05) is 18.1 Å². The molecule has 0 radical (unpaired) electrons. The minimum Gasteiger partial charge on any atom is -0.481 e. The highest BCUT2D eigenvalue weighted by molar-refractivity contribution is 5.67. The van der Waals surface area contributed by atoms with Crippen molar-refractivity contribution in [2.75, 3.05) is 5.73 Å². The smallest absolute Gasteiger partial charge is 0.303 e. The van der Waals surface area contributed by atoms with Crippen LogP contribution in [0.25, 0.3) is 0 Å². The van der Waals surface area contributed by atoms with Gasteiger partial charge in [0.1, 0.15) is 12.1 Å². The highest BCUT2D eigenvalue weighted by atomic mass is 16.4. The van der Waals surface area contributed by atoms with E-state index in [2.05, 4.69) is 15.0 Å². The van der Waals surface area contributed by atoms with Crippen LogP contribution < -0.4 is 5.73 Å². The molecule has 1 atom stereocenters. The lowest BCUT2D eigenvalue weighted by molar-refractivity contribution is -0.137. The number of aliphatic carboxylic acids is 1. The van der Waals surface area contributed by atoms with Gasteiger partial charge in [0.15, 0.2) is 0 Å². The van der Waals surface area contributed by atoms with Gasteiger partial charge in [-0.25, -0.2) is 15.0 Å². The molecule has 2 aromatic rings. The molecule has 0 aliphatic carbocycles. The summed E-state index contributed by atoms with van der Waals surface area (Å²) in [4.78, 5) is 23.3. The van der Waals surface area contributed by atoms with Gasteiger partial charge in [-0.15, -0.1) is 0 Å². The Balaban J connectivity index is 1.70. The van der Waals surface area contributed by atoms with Crippen LogP contribution >= 0.6 is 0 Å². The highest BCUT2D eigenvalue weighted by Gasteiger charge is 2.15. The minimum atomic E-state index is -0.781. The first-order valence-corrected chi connectivity index (χ1v) is 8.33. The van der Waals surface area contributed by atoms with E-state index in [0.717, 1.165) is 49.8 Å². The number of rotatable bonds is 10. The number of hydrogen-bond acceptors (Lipinski definition) is 5. The molecule has 0 amide bonds. The van der Waals surface area contributed by atoms with E-state index in [4.69, 9.17) is 10.8 Å². The Morgan fingerprint density at radius 3 is 2.58 bits per heavy atom. The molecule has 2 aromatic heterocycles. The van der Waals surface area contributed by atoms with Crippen LogP contribution in [-0.4, -0.2) is 26.0 Å². The normalized spacial score (nSPS) is 12.0. The van der Waals surface area contributed by atoms with Gasteiger partial charge in [-0.1, -0.05) is 25.3 Å². The van der Waals surface area contributed by atoms with Gasteiger partial charge in [0.2, 0.25) is 0 Å². The molecule has 0 spiro atoms. The summed E-state index contributed by atoms with van der Waals surface area (Å²) in [5, 5.41) is 9.08. The molecule has 24 heavy (non-hydrogen) atoms. The number of nitrogens with zero attached hydrogens (tertiary/aromatic N) is 3. The Hall–Kier alpha value is -2.50. The average Bonchev–Trinajstić information content (AvgIpc) is 2.57. The zero-order chi connectivity index (χ0) is 17.2. The van der Waals surface area contributed by atoms with Crippen molar-refractivity contribution >= 4 is 11.8 Å². The fourth-order valence-electron chi connectivity index (χ4n) is 2.81. The lowest BCUT2D eigenvalue weighted by Gasteiger charge is -2.14. The molecule has 128 valence electrons. The molecule has 0 fully saturated rings. The molecule has 2 heterocycles. The van der Waals surface area contributed by atoms with Crippen LogP contribution in [0.4, 0.5) is 5.82 Å². The van der Waals surface area contributed by atoms with Gasteiger partial charge in [-0.05, 0) is 42.9 Å². The first-order valence-electron chi connectivity index (χ1n) is 8.33. The summed E-state index contributed by atoms with van der Waals surface area (Å²) in [6, 6.07) is 5.71. The standard InChI is InChI=1S/C18H24N4O2/c19-17-9-5-8-16(22-17)7-4-2-1-3-6-14(10-18(23)24)15-11-20-13-21-12-15/h5,8-9,11-14H,1-4,6-7,10H2,(H2,19,22)(H,23,24). The number of anilines is 1. The molecule has 1 unspecified atom stereocenters. The molecule has 0 saturated carbocycles. The second-order valence-corrected chi connectivity index (χ2v) is 5.97. The van der Waals surface area contributed by atoms with Crippen molar-refractivity contribution in [3.8, 4) is 0 Å². The van der Waals surface area contributed by atoms with Crippen molar-refractivity contribution in [2.24, 2.45) is 0 Å². The van der Waals surface area contributed by atoms with E-state index in [1.807, 2.05) is 12.1 Å². The number of aromatic nitrogens is 3. The van der Waals surface area contributed by atoms with Gasteiger partial charge in [0.25, 0.3) is 0 Å². The van der Waals surface area contributed by atoms with Crippen LogP contribution in [-0.2, 0) is 11.2 Å². The number of nitrogens with two attached hydrogens (primary N) is 1. The molecular weight excluding hydrogens is 304 g/mol. The first-order chi connectivity index (χ1) is 11.6. The second kappa shape index (κ2) is 9.60. The summed E-state index contributed by atoms with van der Waals surface area (Å²) < 4.78 is 0. The van der Waals surface area contributed by atoms with Crippen molar-refractivity contribution in [2.45, 2.75) is 50.9 Å². The predicted molar refractivity (Wildman–Crippen MR) is 92.5 cm³/mol. The lowest BCUT2D eigenvalue weighted by atomic mass is 9.92. The van der Waals surface area contributed by atoms with Crippen molar-refractivity contribution in [3.63, 3.8) is 0 Å². The molecule has 3 N–H and O–H groups in total. The Labute approximate surface area is 142 Å². The second-order valence-electron chi connectivity index (χ2n) is 5.97. The molecule has 0 saturated heterocycles. The monoisotopic (exact) mass is 328 g/mol. The van der Waals surface area contributed by atoms with E-state index in [0.29, 0.717) is 5.82 Å². The third kappa shape index (κ3) is 6.32. The average molecular weight is 328 g/mol. The van der Waals surface area contributed by atoms with Crippen molar-refractivity contribution in [1.82, 2.24) is 15.0 Å². The maximum atomic E-state index is 11.0. The summed E-state index contributed by atoms with van der Waals surface area (Å²) in [5.41, 5.74) is 7.60. The summed E-state index contributed by atoms with van der Waals surface area (Å²) in [5.74, 6) is -0.232. The Bertz CT molecular complexity index is 634. The molecule has 2 rings (SSSR count). The number of unbranched alkanes of at least 4 members (excludes halogenated alkanes) is 3. The van der Waals surface area contributed by atoms with Crippen LogP contribution in [0.3, 0.4) is 0 Å². The van der Waals surface area contributed by atoms with Crippen molar-refractivity contribution < 1.29 is 9.90 Å². The van der Waals surface area contributed by atoms with Crippen LogP contribution in [0.2, 0.25) is 0 Å². The van der Waals surface area contributed by atoms with Gasteiger partial charge in [0.05, 0.1) is 6.42 Å². The maximum Gasteiger partial charge on any atom is 0.303 e. The number of carbonyl (C=O) groups is 1. The fraction of sp³-hybridized carbons (Fsp3) is 0.444. The lowest BCUT2D eigenvalue weighted by Crippen LogP contribution is -2.07. The molecular formula is C18H24N4O2. The van der Waals surface area contributed by atoms with Crippen LogP contribution in [0.1, 0.15) is 55.7 Å². The predicted octanol–water partition coefficient (Wildman–Crippen LogP) is 3.21. The summed E-state index contributed by atoms with van der Waals surface area (Å²) in [6.07, 6.45) is 11.0. The van der Waals surface area contributed by atoms with Gasteiger partial charge in [-0.3, -0.25) is 4.79 Å². The largest absolute Gasteiger partial charge is 0.481 e. The maximum absolute atomic E-state index is 11.0. The quantitative estimate of drug-likeness (QED) is 0.649. The topological polar surface area (TPSA) is 102 Å². The molecule has 0 aromatic carbocycles. The molecule has 0 aliphatic heterocycles. The van der Waals surface area contributed by atoms with Gasteiger partial charge < -0.3 is 10.8 Å². The van der Waals surface area contributed by atoms with E-state index >= 15 is 0 Å². The third-order valence-electron chi connectivity index (χ3n) is 4.04. The summed E-state index contributed by atoms with van der Waals surface area (Å²) in [7, 11) is 0. The Kier molecular flexibility index (Phi) is 7.14. The number of pyridine rings is 1. The van der Waals surface area contributed by atoms with E-state index in [1.54, 1.807) is 18.5 Å². The summed E-state index contributed by atoms with van der Waals surface area (Å²) in [6.45, 7) is 0. The van der Waals surface area contributed by atoms with E-state index in [9.17, 15) is 4.79 Å². The number of hydrogen-bond donors (Lipinski definition) is 2. The molecule has 0 aliphatic rings. The van der Waals surface area contributed by atoms with Crippen LogP contribution in [0.5, 0.6) is 0 Å². The Morgan fingerprint density at radius 1 is 1.12 bits per heavy atom. The third-order valence-corrected chi connectivity index (χ3v) is 4.04. The van der Waals surface area contributed by atoms with Gasteiger partial charge >= 0.3 is 5.97 Å².